The molecule has 2 aliphatic heterocycles. The van der Waals surface area contributed by atoms with Crippen LogP contribution in [0.1, 0.15) is 55.2 Å². The van der Waals surface area contributed by atoms with E-state index in [9.17, 15) is 4.79 Å². The molecule has 7 nitrogen and oxygen atoms in total. The number of piperidine rings is 1. The molecular formula is C26H35N5O2. The van der Waals surface area contributed by atoms with Gasteiger partial charge in [0.15, 0.2) is 5.69 Å². The number of aryl methyl sites for hydroxylation is 1. The predicted molar refractivity (Wildman–Crippen MR) is 133 cm³/mol. The lowest BCUT2D eigenvalue weighted by Crippen LogP contribution is -2.45. The van der Waals surface area contributed by atoms with Crippen molar-refractivity contribution in [3.8, 4) is 0 Å². The fourth-order valence-electron chi connectivity index (χ4n) is 4.86. The molecule has 0 spiro atoms. The Kier molecular flexibility index (Phi) is 6.98. The number of rotatable bonds is 7. The van der Waals surface area contributed by atoms with Crippen molar-refractivity contribution in [2.45, 2.75) is 46.6 Å². The summed E-state index contributed by atoms with van der Waals surface area (Å²) in [6.07, 6.45) is 2.21. The molecule has 3 heterocycles. The molecule has 2 aromatic rings. The number of hydrogen-bond acceptors (Lipinski definition) is 7. The predicted octanol–water partition coefficient (Wildman–Crippen LogP) is 4.52. The van der Waals surface area contributed by atoms with Gasteiger partial charge in [0.1, 0.15) is 5.82 Å². The summed E-state index contributed by atoms with van der Waals surface area (Å²) < 4.78 is 5.30. The highest BCUT2D eigenvalue weighted by atomic mass is 16.5. The Labute approximate surface area is 196 Å². The van der Waals surface area contributed by atoms with Gasteiger partial charge < -0.3 is 25.7 Å². The van der Waals surface area contributed by atoms with Crippen molar-refractivity contribution in [1.82, 2.24) is 10.3 Å². The van der Waals surface area contributed by atoms with Gasteiger partial charge in [-0.05, 0) is 68.8 Å². The van der Waals surface area contributed by atoms with Crippen LogP contribution in [0.3, 0.4) is 0 Å². The Morgan fingerprint density at radius 3 is 2.88 bits per heavy atom. The maximum absolute atomic E-state index is 12.7. The summed E-state index contributed by atoms with van der Waals surface area (Å²) in [6, 6.07) is 10.4. The minimum atomic E-state index is -0.439. The molecule has 4 rings (SSSR count). The molecule has 7 heteroatoms. The van der Waals surface area contributed by atoms with E-state index in [0.717, 1.165) is 55.0 Å². The van der Waals surface area contributed by atoms with Crippen LogP contribution in [0.4, 0.5) is 17.2 Å². The van der Waals surface area contributed by atoms with E-state index in [1.54, 1.807) is 6.92 Å². The lowest BCUT2D eigenvalue weighted by molar-refractivity contribution is 0.0519. The van der Waals surface area contributed by atoms with Crippen LogP contribution in [0.15, 0.2) is 30.3 Å². The number of benzene rings is 1. The fourth-order valence-corrected chi connectivity index (χ4v) is 4.86. The molecule has 2 saturated heterocycles. The molecule has 0 saturated carbocycles. The van der Waals surface area contributed by atoms with Crippen LogP contribution in [0.5, 0.6) is 0 Å². The van der Waals surface area contributed by atoms with Gasteiger partial charge in [-0.3, -0.25) is 0 Å². The molecule has 2 atom stereocenters. The summed E-state index contributed by atoms with van der Waals surface area (Å²) in [6.45, 7) is 11.0. The molecule has 0 amide bonds. The fraction of sp³-hybridized carbons (Fsp3) is 0.500. The Morgan fingerprint density at radius 2 is 2.15 bits per heavy atom. The summed E-state index contributed by atoms with van der Waals surface area (Å²) in [5.41, 5.74) is 4.45. The average molecular weight is 450 g/mol. The first-order chi connectivity index (χ1) is 15.9. The van der Waals surface area contributed by atoms with Crippen LogP contribution in [0, 0.1) is 24.2 Å². The standard InChI is InChI=1S/C26H35N5O2/c1-5-33-26(32)21-14-22(31-12-10-20-18(15-31)9-11-28-20)23(24(27)16(2)3)25(30-21)29-19-8-6-7-17(4)13-19/h6-8,13-14,16,18,20,27-28H,5,9-12,15H2,1-4H3,(H,29,30). The molecule has 2 fully saturated rings. The highest BCUT2D eigenvalue weighted by molar-refractivity contribution is 6.09. The van der Waals surface area contributed by atoms with E-state index in [0.29, 0.717) is 30.1 Å². The van der Waals surface area contributed by atoms with Crippen molar-refractivity contribution in [3.63, 3.8) is 0 Å². The van der Waals surface area contributed by atoms with Gasteiger partial charge in [0, 0.05) is 30.5 Å². The summed E-state index contributed by atoms with van der Waals surface area (Å²) in [5, 5.41) is 16.0. The number of fused-ring (bicyclic) bond motifs is 1. The molecule has 2 unspecified atom stereocenters. The number of carbonyl (C=O) groups is 1. The Balaban J connectivity index is 1.83. The number of anilines is 3. The van der Waals surface area contributed by atoms with Crippen LogP contribution in [0.25, 0.3) is 0 Å². The minimum absolute atomic E-state index is 0.0164. The van der Waals surface area contributed by atoms with Crippen molar-refractivity contribution >= 4 is 28.9 Å². The van der Waals surface area contributed by atoms with Crippen molar-refractivity contribution in [2.24, 2.45) is 11.8 Å². The molecule has 3 N–H and O–H groups in total. The van der Waals surface area contributed by atoms with E-state index >= 15 is 0 Å². The van der Waals surface area contributed by atoms with Gasteiger partial charge in [-0.15, -0.1) is 0 Å². The lowest BCUT2D eigenvalue weighted by Gasteiger charge is -2.38. The lowest BCUT2D eigenvalue weighted by atomic mass is 9.91. The number of carbonyl (C=O) groups excluding carboxylic acids is 1. The highest BCUT2D eigenvalue weighted by Crippen LogP contribution is 2.36. The van der Waals surface area contributed by atoms with Gasteiger partial charge in [-0.1, -0.05) is 26.0 Å². The number of pyridine rings is 1. The smallest absolute Gasteiger partial charge is 0.357 e. The van der Waals surface area contributed by atoms with Gasteiger partial charge in [0.2, 0.25) is 0 Å². The van der Waals surface area contributed by atoms with E-state index in [1.165, 1.54) is 0 Å². The van der Waals surface area contributed by atoms with Crippen molar-refractivity contribution in [3.05, 3.63) is 47.2 Å². The molecule has 1 aromatic heterocycles. The SMILES string of the molecule is CCOC(=O)c1cc(N2CCC3NCCC3C2)c(C(=N)C(C)C)c(Nc2cccc(C)c2)n1. The first-order valence-corrected chi connectivity index (χ1v) is 12.0. The number of aromatic nitrogens is 1. The zero-order chi connectivity index (χ0) is 23.5. The Morgan fingerprint density at radius 1 is 1.33 bits per heavy atom. The molecule has 0 bridgehead atoms. The summed E-state index contributed by atoms with van der Waals surface area (Å²) >= 11 is 0. The Bertz CT molecular complexity index is 1040. The third-order valence-corrected chi connectivity index (χ3v) is 6.61. The second-order valence-corrected chi connectivity index (χ2v) is 9.38. The van der Waals surface area contributed by atoms with E-state index in [4.69, 9.17) is 10.1 Å². The minimum Gasteiger partial charge on any atom is -0.461 e. The van der Waals surface area contributed by atoms with Gasteiger partial charge in [0.25, 0.3) is 0 Å². The quantitative estimate of drug-likeness (QED) is 0.425. The Hall–Kier alpha value is -2.93. The monoisotopic (exact) mass is 449 g/mol. The first kappa shape index (κ1) is 23.2. The summed E-state index contributed by atoms with van der Waals surface area (Å²) in [7, 11) is 0. The molecule has 0 radical (unpaired) electrons. The third-order valence-electron chi connectivity index (χ3n) is 6.61. The van der Waals surface area contributed by atoms with E-state index in [-0.39, 0.29) is 11.6 Å². The zero-order valence-corrected chi connectivity index (χ0v) is 20.1. The molecule has 33 heavy (non-hydrogen) atoms. The number of ether oxygens (including phenoxy) is 1. The summed E-state index contributed by atoms with van der Waals surface area (Å²) in [5.74, 6) is 0.688. The maximum atomic E-state index is 12.7. The second kappa shape index (κ2) is 9.91. The zero-order valence-electron chi connectivity index (χ0n) is 20.1. The first-order valence-electron chi connectivity index (χ1n) is 12.0. The van der Waals surface area contributed by atoms with Crippen molar-refractivity contribution < 1.29 is 9.53 Å². The highest BCUT2D eigenvalue weighted by Gasteiger charge is 2.35. The molecular weight excluding hydrogens is 414 g/mol. The number of nitrogens with zero attached hydrogens (tertiary/aromatic N) is 2. The van der Waals surface area contributed by atoms with Crippen molar-refractivity contribution in [2.75, 3.05) is 36.5 Å². The number of nitrogens with one attached hydrogen (secondary N) is 3. The topological polar surface area (TPSA) is 90.3 Å². The van der Waals surface area contributed by atoms with E-state index in [1.807, 2.05) is 51.1 Å². The number of hydrogen-bond donors (Lipinski definition) is 3. The molecule has 2 aliphatic rings. The van der Waals surface area contributed by atoms with Crippen LogP contribution in [-0.4, -0.2) is 48.9 Å². The van der Waals surface area contributed by atoms with Gasteiger partial charge in [-0.2, -0.15) is 0 Å². The van der Waals surface area contributed by atoms with Gasteiger partial charge in [0.05, 0.1) is 17.9 Å². The second-order valence-electron chi connectivity index (χ2n) is 9.38. The normalized spacial score (nSPS) is 20.0. The van der Waals surface area contributed by atoms with Gasteiger partial charge in [-0.25, -0.2) is 9.78 Å². The van der Waals surface area contributed by atoms with Crippen LogP contribution in [0.2, 0.25) is 0 Å². The third kappa shape index (κ3) is 5.03. The van der Waals surface area contributed by atoms with Gasteiger partial charge >= 0.3 is 5.97 Å². The maximum Gasteiger partial charge on any atom is 0.357 e. The molecule has 1 aromatic carbocycles. The average Bonchev–Trinajstić information content (AvgIpc) is 3.26. The van der Waals surface area contributed by atoms with E-state index in [2.05, 4.69) is 20.5 Å². The number of esters is 1. The van der Waals surface area contributed by atoms with Crippen LogP contribution < -0.4 is 15.5 Å². The molecule has 176 valence electrons. The largest absolute Gasteiger partial charge is 0.461 e. The van der Waals surface area contributed by atoms with Crippen LogP contribution >= 0.6 is 0 Å². The molecule has 0 aliphatic carbocycles. The van der Waals surface area contributed by atoms with E-state index < -0.39 is 5.97 Å². The van der Waals surface area contributed by atoms with Crippen LogP contribution in [-0.2, 0) is 4.74 Å². The summed E-state index contributed by atoms with van der Waals surface area (Å²) in [4.78, 5) is 19.8. The van der Waals surface area contributed by atoms with Crippen molar-refractivity contribution in [1.29, 1.82) is 5.41 Å².